The van der Waals surface area contributed by atoms with Crippen molar-refractivity contribution < 1.29 is 27.6 Å². The van der Waals surface area contributed by atoms with E-state index in [9.17, 15) is 0 Å². The van der Waals surface area contributed by atoms with Crippen LogP contribution in [0.2, 0.25) is 17.3 Å². The average Bonchev–Trinajstić information content (AvgIpc) is 3.59. The summed E-state index contributed by atoms with van der Waals surface area (Å²) in [5, 5.41) is 0. The van der Waals surface area contributed by atoms with Crippen LogP contribution in [-0.4, -0.2) is 27.8 Å². The van der Waals surface area contributed by atoms with Crippen molar-refractivity contribution in [3.8, 4) is 39.8 Å². The van der Waals surface area contributed by atoms with Gasteiger partial charge in [-0.2, -0.15) is 0 Å². The second kappa shape index (κ2) is 17.4. The molecular formula is C53H59GeIrN3O-2. The number of ether oxygens (including phenoxy) is 1. The van der Waals surface area contributed by atoms with Gasteiger partial charge in [-0.15, -0.1) is 18.2 Å². The quantitative estimate of drug-likeness (QED) is 0.118. The maximum Gasteiger partial charge on any atom is 0 e. The molecule has 1 aliphatic rings. The van der Waals surface area contributed by atoms with Crippen LogP contribution < -0.4 is 9.13 Å². The van der Waals surface area contributed by atoms with Crippen molar-refractivity contribution in [1.29, 1.82) is 0 Å². The molecule has 1 radical (unpaired) electrons. The molecule has 0 N–H and O–H groups in total. The van der Waals surface area contributed by atoms with Gasteiger partial charge in [0.2, 0.25) is 0 Å². The largest absolute Gasteiger partial charge is 0 e. The number of imidazole rings is 1. The van der Waals surface area contributed by atoms with Gasteiger partial charge in [0, 0.05) is 42.5 Å². The number of fused-ring (bicyclic) bond motifs is 3. The summed E-state index contributed by atoms with van der Waals surface area (Å²) in [7, 11) is 0. The molecule has 0 atom stereocenters. The molecule has 0 saturated carbocycles. The maximum atomic E-state index is 8.76. The number of benzene rings is 5. The van der Waals surface area contributed by atoms with Gasteiger partial charge in [0.1, 0.15) is 5.75 Å². The summed E-state index contributed by atoms with van der Waals surface area (Å²) >= 11 is -2.24. The Morgan fingerprint density at radius 1 is 0.797 bits per heavy atom. The van der Waals surface area contributed by atoms with Crippen LogP contribution in [0.25, 0.3) is 39.4 Å². The summed E-state index contributed by atoms with van der Waals surface area (Å²) in [5.74, 6) is 10.2. The number of nitrogens with zero attached hydrogens (tertiary/aromatic N) is 3. The summed E-state index contributed by atoms with van der Waals surface area (Å²) < 4.78 is 27.7. The molecule has 307 valence electrons. The van der Waals surface area contributed by atoms with Gasteiger partial charge in [0.25, 0.3) is 0 Å². The van der Waals surface area contributed by atoms with Crippen LogP contribution in [0, 0.1) is 17.5 Å². The van der Waals surface area contributed by atoms with Crippen LogP contribution in [-0.2, 0) is 31.9 Å². The van der Waals surface area contributed by atoms with E-state index in [2.05, 4.69) is 147 Å². The zero-order valence-electron chi connectivity index (χ0n) is 38.7. The minimum absolute atomic E-state index is 0. The first-order valence-electron chi connectivity index (χ1n) is 21.6. The minimum atomic E-state index is -2.24. The molecule has 4 nitrogen and oxygen atoms in total. The van der Waals surface area contributed by atoms with Crippen LogP contribution in [0.15, 0.2) is 115 Å². The summed E-state index contributed by atoms with van der Waals surface area (Å²) in [4.78, 5) is 9.84. The minimum Gasteiger partial charge on any atom is 0 e. The van der Waals surface area contributed by atoms with E-state index < -0.39 is 25.1 Å². The molecule has 0 amide bonds. The Kier molecular flexibility index (Phi) is 12.2. The fourth-order valence-electron chi connectivity index (χ4n) is 8.03. The maximum absolute atomic E-state index is 8.76. The first-order chi connectivity index (χ1) is 28.2. The third-order valence-corrected chi connectivity index (χ3v) is 15.2. The van der Waals surface area contributed by atoms with Gasteiger partial charge in [-0.3, -0.25) is 4.98 Å². The van der Waals surface area contributed by atoms with Crippen LogP contribution in [0.3, 0.4) is 0 Å². The Morgan fingerprint density at radius 2 is 1.46 bits per heavy atom. The molecule has 5 aromatic carbocycles. The van der Waals surface area contributed by atoms with Crippen molar-refractivity contribution in [2.24, 2.45) is 5.41 Å². The molecular weight excluding hydrogens is 959 g/mol. The first kappa shape index (κ1) is 41.4. The van der Waals surface area contributed by atoms with E-state index >= 15 is 0 Å². The van der Waals surface area contributed by atoms with Crippen LogP contribution in [0.1, 0.15) is 105 Å². The van der Waals surface area contributed by atoms with Crippen molar-refractivity contribution in [2.45, 2.75) is 103 Å². The first-order valence-corrected chi connectivity index (χ1v) is 28.0. The van der Waals surface area contributed by atoms with Crippen molar-refractivity contribution in [2.75, 3.05) is 0 Å². The average molecular weight is 1020 g/mol. The molecule has 2 aromatic heterocycles. The van der Waals surface area contributed by atoms with Gasteiger partial charge in [-0.1, -0.05) is 101 Å². The fraction of sp³-hybridized carbons (Fsp3) is 0.321. The molecule has 0 spiro atoms. The predicted octanol–water partition coefficient (Wildman–Crippen LogP) is 13.9. The second-order valence-corrected chi connectivity index (χ2v) is 29.3. The SMILES string of the molecule is CC(C)c1cccc(C(C)C)c1-n1c(-c2[c-]ccc3c2Oc2ccccc2C3(C)C)nc2ccccc21.[2H]C([2H])(c1cc(-c2[c-]cccc2)nc[c]1[Ge]([CH3])([CH3])[CH3])C(C)(C)C.[Ir]. The van der Waals surface area contributed by atoms with Gasteiger partial charge in [-0.05, 0) is 41.2 Å². The molecule has 1 aliphatic heterocycles. The molecule has 8 rings (SSSR count). The Bertz CT molecular complexity index is 2650. The Balaban J connectivity index is 0.000000225. The third-order valence-electron chi connectivity index (χ3n) is 11.0. The van der Waals surface area contributed by atoms with Crippen LogP contribution in [0.5, 0.6) is 11.5 Å². The number of aromatic nitrogens is 3. The molecule has 0 unspecified atom stereocenters. The van der Waals surface area contributed by atoms with Crippen molar-refractivity contribution in [3.63, 3.8) is 0 Å². The topological polar surface area (TPSA) is 39.9 Å². The number of para-hydroxylation sites is 4. The Labute approximate surface area is 372 Å². The zero-order valence-corrected chi connectivity index (χ0v) is 41.2. The summed E-state index contributed by atoms with van der Waals surface area (Å²) in [6, 6.07) is 44.0. The van der Waals surface area contributed by atoms with Crippen molar-refractivity contribution >= 4 is 28.7 Å². The molecule has 0 bridgehead atoms. The third kappa shape index (κ3) is 9.09. The summed E-state index contributed by atoms with van der Waals surface area (Å²) in [6.07, 6.45) is 0.502. The normalized spacial score (nSPS) is 14.0. The van der Waals surface area contributed by atoms with Gasteiger partial charge >= 0.3 is 135 Å². The second-order valence-electron chi connectivity index (χ2n) is 18.7. The fourth-order valence-corrected chi connectivity index (χ4v) is 11.0. The van der Waals surface area contributed by atoms with E-state index in [1.54, 1.807) is 0 Å². The van der Waals surface area contributed by atoms with Crippen LogP contribution in [0.4, 0.5) is 0 Å². The molecule has 0 fully saturated rings. The van der Waals surface area contributed by atoms with Crippen molar-refractivity contribution in [3.05, 3.63) is 155 Å². The van der Waals surface area contributed by atoms with Gasteiger partial charge in [0.15, 0.2) is 0 Å². The molecule has 7 aromatic rings. The molecule has 0 saturated heterocycles. The molecule has 6 heteroatoms. The smallest absolute Gasteiger partial charge is 0 e. The van der Waals surface area contributed by atoms with E-state index in [4.69, 9.17) is 12.5 Å². The van der Waals surface area contributed by atoms with Gasteiger partial charge < -0.3 is 9.30 Å². The Hall–Kier alpha value is -4.29. The standard InChI is InChI=1S/C34H33N2O.C19H26GeN.Ir/c1-21(2)23-13-11-14-24(22(3)4)31(23)36-29-19-9-8-18-28(29)35-33(36)25-15-12-17-27-32(25)37-30-20-10-7-16-26(30)34(27,5)6;1-19(2,3)13-16-12-18(15-10-8-7-9-11-15)21-14-17(16)20(4,5)6;/h7-14,16-22H,1-6H3;7-10,12,14H,13H2,1-6H3;/q2*-1;/i;13D2;. The van der Waals surface area contributed by atoms with E-state index in [0.717, 1.165) is 60.7 Å². The Morgan fingerprint density at radius 3 is 2.10 bits per heavy atom. The number of hydrogen-bond donors (Lipinski definition) is 0. The van der Waals surface area contributed by atoms with E-state index in [1.807, 2.05) is 69.4 Å². The van der Waals surface area contributed by atoms with Gasteiger partial charge in [-0.25, -0.2) is 0 Å². The van der Waals surface area contributed by atoms with E-state index in [-0.39, 0.29) is 25.5 Å². The molecule has 3 heterocycles. The summed E-state index contributed by atoms with van der Waals surface area (Å²) in [5.41, 5.74) is 11.0. The molecule has 0 aliphatic carbocycles. The van der Waals surface area contributed by atoms with E-state index in [0.29, 0.717) is 11.8 Å². The monoisotopic (exact) mass is 1020 g/mol. The number of rotatable bonds is 7. The van der Waals surface area contributed by atoms with E-state index in [1.165, 1.54) is 22.4 Å². The molecule has 59 heavy (non-hydrogen) atoms. The number of hydrogen-bond acceptors (Lipinski definition) is 3. The predicted molar refractivity (Wildman–Crippen MR) is 247 cm³/mol. The van der Waals surface area contributed by atoms with Crippen molar-refractivity contribution in [1.82, 2.24) is 14.5 Å². The van der Waals surface area contributed by atoms with Crippen LogP contribution >= 0.6 is 0 Å². The zero-order chi connectivity index (χ0) is 43.4. The van der Waals surface area contributed by atoms with Gasteiger partial charge in [0.05, 0.1) is 16.9 Å². The summed E-state index contributed by atoms with van der Waals surface area (Å²) in [6.45, 7) is 19.5. The number of pyridine rings is 1.